The van der Waals surface area contributed by atoms with Crippen molar-refractivity contribution in [2.24, 2.45) is 0 Å². The van der Waals surface area contributed by atoms with E-state index in [1.165, 1.54) is 30.3 Å². The molecule has 3 amide bonds. The van der Waals surface area contributed by atoms with Gasteiger partial charge in [-0.2, -0.15) is 0 Å². The second-order valence-corrected chi connectivity index (χ2v) is 13.0. The van der Waals surface area contributed by atoms with E-state index in [4.69, 9.17) is 37.4 Å². The van der Waals surface area contributed by atoms with E-state index < -0.39 is 24.1 Å². The van der Waals surface area contributed by atoms with Crippen LogP contribution in [-0.4, -0.2) is 152 Å². The molecule has 5 rings (SSSR count). The van der Waals surface area contributed by atoms with Crippen LogP contribution in [0.1, 0.15) is 36.7 Å². The Morgan fingerprint density at radius 2 is 0.918 bits per heavy atom. The largest absolute Gasteiger partial charge is 0.415 e. The van der Waals surface area contributed by atoms with Crippen LogP contribution in [0.2, 0.25) is 10.0 Å². The molecule has 3 fully saturated rings. The van der Waals surface area contributed by atoms with Gasteiger partial charge >= 0.3 is 18.3 Å². The number of benzene rings is 2. The molecule has 2 aromatic rings. The van der Waals surface area contributed by atoms with Crippen molar-refractivity contribution in [2.75, 3.05) is 98.2 Å². The highest BCUT2D eigenvalue weighted by Crippen LogP contribution is 2.37. The smallest absolute Gasteiger partial charge is 0.409 e. The first-order valence-corrected chi connectivity index (χ1v) is 17.6. The Morgan fingerprint density at radius 1 is 0.531 bits per heavy atom. The van der Waals surface area contributed by atoms with Gasteiger partial charge in [0.2, 0.25) is 0 Å². The van der Waals surface area contributed by atoms with Gasteiger partial charge in [-0.3, -0.25) is 4.79 Å². The lowest BCUT2D eigenvalue weighted by atomic mass is 10.0. The molecule has 0 radical (unpaired) electrons. The van der Waals surface area contributed by atoms with Crippen LogP contribution in [-0.2, 0) is 0 Å². The third-order valence-corrected chi connectivity index (χ3v) is 9.84. The number of ether oxygens (including phenoxy) is 3. The lowest BCUT2D eigenvalue weighted by Crippen LogP contribution is -2.49. The summed E-state index contributed by atoms with van der Waals surface area (Å²) >= 11 is 13.0. The van der Waals surface area contributed by atoms with Gasteiger partial charge in [0.1, 0.15) is 5.75 Å². The molecule has 0 spiro atoms. The highest BCUT2D eigenvalue weighted by molar-refractivity contribution is 6.36. The number of rotatable bonds is 8. The SMILES string of the molecule is CCN1CCN(C(=O)Oc2cc(Cl)c(C(=O)c3cc(Cl)ccc3OC(=O)N3CCN(CC)CC3)cc2OC(=O)N2CCN(CC)CC2)CC1. The lowest BCUT2D eigenvalue weighted by Gasteiger charge is -2.34. The number of amides is 3. The third kappa shape index (κ3) is 9.14. The number of nitrogens with zero attached hydrogens (tertiary/aromatic N) is 6. The first-order chi connectivity index (χ1) is 23.6. The van der Waals surface area contributed by atoms with Gasteiger partial charge in [-0.05, 0) is 43.9 Å². The predicted octanol–water partition coefficient (Wildman–Crippen LogP) is 4.63. The van der Waals surface area contributed by atoms with Gasteiger partial charge < -0.3 is 43.6 Å². The molecule has 0 atom stereocenters. The Balaban J connectivity index is 1.41. The summed E-state index contributed by atoms with van der Waals surface area (Å²) in [5.41, 5.74) is -0.0748. The average Bonchev–Trinajstić information content (AvgIpc) is 3.13. The highest BCUT2D eigenvalue weighted by Gasteiger charge is 2.30. The number of piperazine rings is 3. The Bertz CT molecular complexity index is 1520. The summed E-state index contributed by atoms with van der Waals surface area (Å²) in [6.07, 6.45) is -1.85. The molecule has 0 N–H and O–H groups in total. The number of carbonyl (C=O) groups excluding carboxylic acids is 4. The summed E-state index contributed by atoms with van der Waals surface area (Å²) in [6.45, 7) is 15.9. The molecule has 3 heterocycles. The van der Waals surface area contributed by atoms with E-state index in [9.17, 15) is 19.2 Å². The van der Waals surface area contributed by atoms with Crippen LogP contribution in [0.15, 0.2) is 30.3 Å². The molecule has 49 heavy (non-hydrogen) atoms. The van der Waals surface area contributed by atoms with Crippen LogP contribution < -0.4 is 14.2 Å². The van der Waals surface area contributed by atoms with E-state index in [0.29, 0.717) is 65.4 Å². The molecule has 266 valence electrons. The number of hydrogen-bond donors (Lipinski definition) is 0. The molecule has 15 heteroatoms. The summed E-state index contributed by atoms with van der Waals surface area (Å²) < 4.78 is 17.3. The van der Waals surface area contributed by atoms with Gasteiger partial charge in [-0.1, -0.05) is 44.0 Å². The molecule has 0 unspecified atom stereocenters. The summed E-state index contributed by atoms with van der Waals surface area (Å²) in [6, 6.07) is 6.93. The Hall–Kier alpha value is -3.62. The second kappa shape index (κ2) is 16.9. The molecule has 0 bridgehead atoms. The minimum absolute atomic E-state index is 0.00227. The van der Waals surface area contributed by atoms with Crippen LogP contribution in [0.5, 0.6) is 17.2 Å². The molecule has 3 aliphatic heterocycles. The van der Waals surface area contributed by atoms with Gasteiger partial charge in [0.25, 0.3) is 0 Å². The van der Waals surface area contributed by atoms with E-state index in [1.807, 2.05) is 0 Å². The van der Waals surface area contributed by atoms with Crippen molar-refractivity contribution in [1.82, 2.24) is 29.4 Å². The summed E-state index contributed by atoms with van der Waals surface area (Å²) in [5, 5.41) is 0.176. The van der Waals surface area contributed by atoms with Crippen LogP contribution in [0.3, 0.4) is 0 Å². The predicted molar refractivity (Wildman–Crippen MR) is 185 cm³/mol. The van der Waals surface area contributed by atoms with E-state index in [2.05, 4.69) is 35.5 Å². The molecule has 3 saturated heterocycles. The lowest BCUT2D eigenvalue weighted by molar-refractivity contribution is 0.102. The summed E-state index contributed by atoms with van der Waals surface area (Å²) in [4.78, 5) is 65.2. The monoisotopic (exact) mass is 718 g/mol. The van der Waals surface area contributed by atoms with Crippen molar-refractivity contribution in [3.05, 3.63) is 51.5 Å². The fourth-order valence-electron chi connectivity index (χ4n) is 6.00. The van der Waals surface area contributed by atoms with E-state index in [-0.39, 0.29) is 38.4 Å². The molecular weight excluding hydrogens is 675 g/mol. The quantitative estimate of drug-likeness (QED) is 0.358. The molecule has 0 saturated carbocycles. The van der Waals surface area contributed by atoms with Crippen molar-refractivity contribution < 1.29 is 33.4 Å². The van der Waals surface area contributed by atoms with Crippen LogP contribution in [0, 0.1) is 0 Å². The zero-order valence-electron chi connectivity index (χ0n) is 28.3. The number of hydrogen-bond acceptors (Lipinski definition) is 10. The van der Waals surface area contributed by atoms with Gasteiger partial charge in [0.15, 0.2) is 17.3 Å². The average molecular weight is 720 g/mol. The van der Waals surface area contributed by atoms with Crippen molar-refractivity contribution in [3.8, 4) is 17.2 Å². The first kappa shape index (κ1) is 36.7. The third-order valence-electron chi connectivity index (χ3n) is 9.29. The topological polar surface area (TPSA) is 115 Å². The van der Waals surface area contributed by atoms with E-state index in [0.717, 1.165) is 32.7 Å². The van der Waals surface area contributed by atoms with Crippen molar-refractivity contribution in [3.63, 3.8) is 0 Å². The number of ketones is 1. The Kier molecular flexibility index (Phi) is 12.6. The highest BCUT2D eigenvalue weighted by atomic mass is 35.5. The zero-order chi connectivity index (χ0) is 35.1. The minimum Gasteiger partial charge on any atom is -0.409 e. The van der Waals surface area contributed by atoms with Crippen molar-refractivity contribution in [2.45, 2.75) is 20.8 Å². The van der Waals surface area contributed by atoms with Gasteiger partial charge in [0, 0.05) is 95.2 Å². The maximum absolute atomic E-state index is 14.1. The second-order valence-electron chi connectivity index (χ2n) is 12.1. The molecule has 0 aromatic heterocycles. The molecule has 3 aliphatic rings. The fourth-order valence-corrected chi connectivity index (χ4v) is 6.41. The zero-order valence-corrected chi connectivity index (χ0v) is 29.8. The van der Waals surface area contributed by atoms with Crippen LogP contribution in [0.4, 0.5) is 14.4 Å². The van der Waals surface area contributed by atoms with Crippen LogP contribution in [0.25, 0.3) is 0 Å². The van der Waals surface area contributed by atoms with Crippen molar-refractivity contribution in [1.29, 1.82) is 0 Å². The van der Waals surface area contributed by atoms with Gasteiger partial charge in [0.05, 0.1) is 10.6 Å². The Labute approximate surface area is 297 Å². The maximum Gasteiger partial charge on any atom is 0.415 e. The van der Waals surface area contributed by atoms with Gasteiger partial charge in [-0.25, -0.2) is 14.4 Å². The van der Waals surface area contributed by atoms with Gasteiger partial charge in [-0.15, -0.1) is 0 Å². The number of halogens is 2. The fraction of sp³-hybridized carbons (Fsp3) is 0.529. The number of likely N-dealkylation sites (N-methyl/N-ethyl adjacent to an activating group) is 3. The molecular formula is C34H44Cl2N6O7. The van der Waals surface area contributed by atoms with Crippen molar-refractivity contribution >= 4 is 47.3 Å². The number of carbonyl (C=O) groups is 4. The first-order valence-electron chi connectivity index (χ1n) is 16.8. The summed E-state index contributed by atoms with van der Waals surface area (Å²) in [7, 11) is 0. The normalized spacial score (nSPS) is 17.9. The Morgan fingerprint density at radius 3 is 1.33 bits per heavy atom. The van der Waals surface area contributed by atoms with E-state index in [1.54, 1.807) is 14.7 Å². The molecule has 2 aromatic carbocycles. The van der Waals surface area contributed by atoms with Crippen LogP contribution >= 0.6 is 23.2 Å². The van der Waals surface area contributed by atoms with E-state index >= 15 is 0 Å². The summed E-state index contributed by atoms with van der Waals surface area (Å²) in [5.74, 6) is -0.879. The molecule has 13 nitrogen and oxygen atoms in total. The molecule has 0 aliphatic carbocycles. The minimum atomic E-state index is -0.647. The standard InChI is InChI=1S/C34H44Cl2N6O7/c1-4-37-9-15-40(16-10-37)32(44)47-28-8-7-24(35)21-26(28)31(43)25-22-29(48-33(45)41-17-11-38(5-2)12-18-41)30(23-27(25)36)49-34(46)42-19-13-39(6-3)14-20-42/h7-8,21-23H,4-6,9-20H2,1-3H3. The maximum atomic E-state index is 14.1.